The van der Waals surface area contributed by atoms with Gasteiger partial charge in [-0.3, -0.25) is 19.9 Å². The maximum Gasteiger partial charge on any atom is 0.329 e. The van der Waals surface area contributed by atoms with E-state index in [1.165, 1.54) is 0 Å². The molecule has 0 unspecified atom stereocenters. The Labute approximate surface area is 110 Å². The topological polar surface area (TPSA) is 96.2 Å². The lowest BCUT2D eigenvalue weighted by atomic mass is 10.0. The van der Waals surface area contributed by atoms with Crippen LogP contribution in [0, 0.1) is 21.7 Å². The molecule has 0 saturated heterocycles. The van der Waals surface area contributed by atoms with Crippen LogP contribution in [0.3, 0.4) is 0 Å². The molecule has 104 valence electrons. The third-order valence-corrected chi connectivity index (χ3v) is 2.70. The molecule has 0 fully saturated rings. The highest BCUT2D eigenvalue weighted by Gasteiger charge is 2.19. The SMILES string of the molecule is O=c1[nH]c(O)c([N+](=O)[O-])cc1Cc1c(F)cccc1F. The van der Waals surface area contributed by atoms with E-state index in [2.05, 4.69) is 0 Å². The second kappa shape index (κ2) is 5.08. The average molecular weight is 282 g/mol. The van der Waals surface area contributed by atoms with Crippen LogP contribution in [0.2, 0.25) is 0 Å². The van der Waals surface area contributed by atoms with Crippen LogP contribution < -0.4 is 5.56 Å². The van der Waals surface area contributed by atoms with Gasteiger partial charge in [-0.1, -0.05) is 6.07 Å². The minimum Gasteiger partial charge on any atom is -0.490 e. The zero-order valence-corrected chi connectivity index (χ0v) is 9.89. The third-order valence-electron chi connectivity index (χ3n) is 2.70. The summed E-state index contributed by atoms with van der Waals surface area (Å²) in [6, 6.07) is 3.99. The predicted molar refractivity (Wildman–Crippen MR) is 64.5 cm³/mol. The van der Waals surface area contributed by atoms with Crippen molar-refractivity contribution in [2.45, 2.75) is 6.42 Å². The Kier molecular flexibility index (Phi) is 3.47. The molecule has 0 saturated carbocycles. The van der Waals surface area contributed by atoms with Gasteiger partial charge in [0.15, 0.2) is 0 Å². The summed E-state index contributed by atoms with van der Waals surface area (Å²) in [5.41, 5.74) is -2.19. The molecule has 0 aliphatic rings. The lowest BCUT2D eigenvalue weighted by Gasteiger charge is -2.05. The van der Waals surface area contributed by atoms with Gasteiger partial charge in [-0.05, 0) is 12.1 Å². The van der Waals surface area contributed by atoms with E-state index in [1.807, 2.05) is 4.98 Å². The summed E-state index contributed by atoms with van der Waals surface area (Å²) in [4.78, 5) is 23.2. The number of H-pyrrole nitrogens is 1. The maximum absolute atomic E-state index is 13.5. The van der Waals surface area contributed by atoms with Gasteiger partial charge in [0, 0.05) is 23.6 Å². The van der Waals surface area contributed by atoms with E-state index in [1.54, 1.807) is 0 Å². The van der Waals surface area contributed by atoms with Crippen molar-refractivity contribution in [3.63, 3.8) is 0 Å². The lowest BCUT2D eigenvalue weighted by molar-refractivity contribution is -0.386. The number of nitrogens with zero attached hydrogens (tertiary/aromatic N) is 1. The molecule has 1 aromatic heterocycles. The molecule has 0 amide bonds. The standard InChI is InChI=1S/C12H8F2N2O4/c13-8-2-1-3-9(14)7(8)4-6-5-10(16(19)20)12(18)15-11(6)17/h1-3,5H,4H2,(H2,15,17,18). The molecule has 20 heavy (non-hydrogen) atoms. The van der Waals surface area contributed by atoms with E-state index in [9.17, 15) is 28.8 Å². The smallest absolute Gasteiger partial charge is 0.329 e. The van der Waals surface area contributed by atoms with Crippen molar-refractivity contribution in [3.8, 4) is 5.88 Å². The highest BCUT2D eigenvalue weighted by atomic mass is 19.1. The monoisotopic (exact) mass is 282 g/mol. The van der Waals surface area contributed by atoms with Gasteiger partial charge in [-0.15, -0.1) is 0 Å². The lowest BCUT2D eigenvalue weighted by Crippen LogP contribution is -2.14. The van der Waals surface area contributed by atoms with Gasteiger partial charge in [0.1, 0.15) is 11.6 Å². The number of nitro groups is 1. The summed E-state index contributed by atoms with van der Waals surface area (Å²) in [6.07, 6.45) is -0.463. The van der Waals surface area contributed by atoms with Gasteiger partial charge in [-0.2, -0.15) is 0 Å². The summed E-state index contributed by atoms with van der Waals surface area (Å²) in [6.45, 7) is 0. The van der Waals surface area contributed by atoms with Crippen molar-refractivity contribution in [1.82, 2.24) is 4.98 Å². The van der Waals surface area contributed by atoms with Crippen LogP contribution >= 0.6 is 0 Å². The summed E-state index contributed by atoms with van der Waals surface area (Å²) < 4.78 is 26.9. The third kappa shape index (κ3) is 2.48. The summed E-state index contributed by atoms with van der Waals surface area (Å²) in [7, 11) is 0. The highest BCUT2D eigenvalue weighted by molar-refractivity contribution is 5.43. The molecule has 1 heterocycles. The van der Waals surface area contributed by atoms with Crippen LogP contribution in [0.4, 0.5) is 14.5 Å². The van der Waals surface area contributed by atoms with E-state index in [0.717, 1.165) is 24.3 Å². The van der Waals surface area contributed by atoms with Gasteiger partial charge in [0.2, 0.25) is 0 Å². The Morgan fingerprint density at radius 2 is 1.90 bits per heavy atom. The molecular weight excluding hydrogens is 274 g/mol. The quantitative estimate of drug-likeness (QED) is 0.663. The summed E-state index contributed by atoms with van der Waals surface area (Å²) in [5.74, 6) is -2.63. The van der Waals surface area contributed by atoms with E-state index < -0.39 is 40.1 Å². The largest absolute Gasteiger partial charge is 0.490 e. The molecule has 2 N–H and O–H groups in total. The number of benzene rings is 1. The molecule has 0 bridgehead atoms. The van der Waals surface area contributed by atoms with E-state index in [0.29, 0.717) is 0 Å². The number of halogens is 2. The van der Waals surface area contributed by atoms with Crippen LogP contribution in [0.5, 0.6) is 5.88 Å². The molecule has 6 nitrogen and oxygen atoms in total. The van der Waals surface area contributed by atoms with Gasteiger partial charge in [0.25, 0.3) is 11.4 Å². The molecule has 2 aromatic rings. The minimum absolute atomic E-state index is 0.224. The molecule has 2 rings (SSSR count). The molecule has 8 heteroatoms. The first kappa shape index (κ1) is 13.7. The Bertz CT molecular complexity index is 722. The number of nitrogens with one attached hydrogen (secondary N) is 1. The van der Waals surface area contributed by atoms with Gasteiger partial charge in [0.05, 0.1) is 4.92 Å². The predicted octanol–water partition coefficient (Wildman–Crippen LogP) is 1.86. The average Bonchev–Trinajstić information content (AvgIpc) is 2.35. The molecule has 0 atom stereocenters. The van der Waals surface area contributed by atoms with Crippen LogP contribution in [0.25, 0.3) is 0 Å². The first-order valence-electron chi connectivity index (χ1n) is 5.42. The Morgan fingerprint density at radius 1 is 1.30 bits per heavy atom. The molecule has 0 spiro atoms. The van der Waals surface area contributed by atoms with Crippen molar-refractivity contribution in [2.24, 2.45) is 0 Å². The number of rotatable bonds is 3. The molecule has 0 radical (unpaired) electrons. The van der Waals surface area contributed by atoms with E-state index in [-0.39, 0.29) is 11.1 Å². The zero-order valence-electron chi connectivity index (χ0n) is 9.89. The molecule has 1 aromatic carbocycles. The minimum atomic E-state index is -0.910. The van der Waals surface area contributed by atoms with E-state index >= 15 is 0 Å². The fraction of sp³-hybridized carbons (Fsp3) is 0.0833. The fourth-order valence-corrected chi connectivity index (χ4v) is 1.71. The summed E-state index contributed by atoms with van der Waals surface area (Å²) in [5, 5.41) is 19.9. The second-order valence-corrected chi connectivity index (χ2v) is 3.99. The van der Waals surface area contributed by atoms with Crippen LogP contribution in [0.15, 0.2) is 29.1 Å². The Hall–Kier alpha value is -2.77. The number of aromatic hydroxyl groups is 1. The van der Waals surface area contributed by atoms with Crippen molar-refractivity contribution >= 4 is 5.69 Å². The first-order valence-corrected chi connectivity index (χ1v) is 5.42. The van der Waals surface area contributed by atoms with Crippen molar-refractivity contribution < 1.29 is 18.8 Å². The van der Waals surface area contributed by atoms with Gasteiger partial charge >= 0.3 is 5.69 Å². The zero-order chi connectivity index (χ0) is 14.9. The first-order chi connectivity index (χ1) is 9.40. The summed E-state index contributed by atoms with van der Waals surface area (Å²) >= 11 is 0. The second-order valence-electron chi connectivity index (χ2n) is 3.99. The number of aromatic amines is 1. The van der Waals surface area contributed by atoms with Gasteiger partial charge in [-0.25, -0.2) is 8.78 Å². The highest BCUT2D eigenvalue weighted by Crippen LogP contribution is 2.23. The van der Waals surface area contributed by atoms with Crippen molar-refractivity contribution in [3.05, 3.63) is 67.5 Å². The van der Waals surface area contributed by atoms with Gasteiger partial charge < -0.3 is 5.11 Å². The van der Waals surface area contributed by atoms with Crippen molar-refractivity contribution in [1.29, 1.82) is 0 Å². The van der Waals surface area contributed by atoms with Crippen LogP contribution in [-0.4, -0.2) is 15.0 Å². The fourth-order valence-electron chi connectivity index (χ4n) is 1.71. The molecule has 0 aliphatic heterocycles. The molecule has 0 aliphatic carbocycles. The van der Waals surface area contributed by atoms with Crippen LogP contribution in [-0.2, 0) is 6.42 Å². The number of hydrogen-bond acceptors (Lipinski definition) is 4. The normalized spacial score (nSPS) is 10.5. The van der Waals surface area contributed by atoms with E-state index in [4.69, 9.17) is 0 Å². The number of aromatic nitrogens is 1. The molecular formula is C12H8F2N2O4. The Balaban J connectivity index is 2.52. The Morgan fingerprint density at radius 3 is 2.45 bits per heavy atom. The maximum atomic E-state index is 13.5. The van der Waals surface area contributed by atoms with Crippen LogP contribution in [0.1, 0.15) is 11.1 Å². The number of hydrogen-bond donors (Lipinski definition) is 2. The van der Waals surface area contributed by atoms with Crippen molar-refractivity contribution in [2.75, 3.05) is 0 Å². The number of pyridine rings is 1.